The molecule has 1 atom stereocenters. The summed E-state index contributed by atoms with van der Waals surface area (Å²) in [7, 11) is 2.80. The first kappa shape index (κ1) is 11.4. The molecule has 0 aliphatic heterocycles. The smallest absolute Gasteiger partial charge is 0.178 e. The number of benzene rings is 1. The molecule has 1 aromatic rings. The summed E-state index contributed by atoms with van der Waals surface area (Å²) in [4.78, 5) is 10.6. The van der Waals surface area contributed by atoms with Gasteiger partial charge in [0.25, 0.3) is 0 Å². The summed E-state index contributed by atoms with van der Waals surface area (Å²) in [5.41, 5.74) is -0.0530. The number of hydrogen-bond donors (Lipinski definition) is 2. The van der Waals surface area contributed by atoms with E-state index in [4.69, 9.17) is 14.7 Å². The third kappa shape index (κ3) is 2.24. The number of carbonyl (C=O) groups excluding carboxylic acids is 1. The maximum Gasteiger partial charge on any atom is 0.178 e. The highest BCUT2D eigenvalue weighted by Gasteiger charge is 2.15. The lowest BCUT2D eigenvalue weighted by atomic mass is 10.1. The van der Waals surface area contributed by atoms with Crippen LogP contribution in [0.4, 0.5) is 5.69 Å². The van der Waals surface area contributed by atoms with Crippen molar-refractivity contribution in [3.63, 3.8) is 0 Å². The fraction of sp³-hybridized carbons (Fsp3) is 0.222. The summed E-state index contributed by atoms with van der Waals surface area (Å²) in [6.45, 7) is 0. The fourth-order valence-electron chi connectivity index (χ4n) is 1.18. The van der Waals surface area contributed by atoms with E-state index in [-0.39, 0.29) is 17.0 Å². The molecule has 1 rings (SSSR count). The van der Waals surface area contributed by atoms with Gasteiger partial charge in [0.15, 0.2) is 23.5 Å². The molecule has 0 spiro atoms. The van der Waals surface area contributed by atoms with Crippen LogP contribution in [0.2, 0.25) is 0 Å². The second-order valence-electron chi connectivity index (χ2n) is 2.72. The van der Waals surface area contributed by atoms with Crippen molar-refractivity contribution in [1.82, 2.24) is 0 Å². The van der Waals surface area contributed by atoms with Gasteiger partial charge in [0.1, 0.15) is 0 Å². The Kier molecular flexibility index (Phi) is 3.62. The van der Waals surface area contributed by atoms with Crippen molar-refractivity contribution in [2.24, 2.45) is 0 Å². The number of ether oxygens (including phenoxy) is 2. The topological polar surface area (TPSA) is 83.3 Å². The number of methoxy groups -OCH3 is 2. The Morgan fingerprint density at radius 1 is 1.33 bits per heavy atom. The van der Waals surface area contributed by atoms with E-state index in [9.17, 15) is 10.0 Å². The number of rotatable bonds is 4. The molecule has 0 aliphatic rings. The summed E-state index contributed by atoms with van der Waals surface area (Å²) < 4.78 is 9.86. The predicted molar refractivity (Wildman–Crippen MR) is 50.7 cm³/mol. The third-order valence-corrected chi connectivity index (χ3v) is 1.91. The molecule has 1 unspecified atom stereocenters. The van der Waals surface area contributed by atoms with Gasteiger partial charge in [-0.1, -0.05) is 0 Å². The number of carbonyl (C=O) groups is 1. The van der Waals surface area contributed by atoms with Crippen LogP contribution in [0, 0.1) is 5.21 Å². The van der Waals surface area contributed by atoms with E-state index in [1.54, 1.807) is 0 Å². The molecular weight excluding hydrogens is 202 g/mol. The minimum atomic E-state index is -1.18. The fourth-order valence-corrected chi connectivity index (χ4v) is 1.18. The molecular formula is C9H11NO5. The van der Waals surface area contributed by atoms with Gasteiger partial charge in [-0.2, -0.15) is 5.23 Å². The molecule has 2 N–H and O–H groups in total. The lowest BCUT2D eigenvalue weighted by Gasteiger charge is -2.16. The standard InChI is InChI=1S/C9H11NO5/c1-14-8-3-6(5-11)7(10(12)13)4-9(8)15-2/h3-5,10,12H,1-2H3. The van der Waals surface area contributed by atoms with Gasteiger partial charge in [-0.05, 0) is 0 Å². The van der Waals surface area contributed by atoms with Crippen molar-refractivity contribution in [3.8, 4) is 11.5 Å². The van der Waals surface area contributed by atoms with Gasteiger partial charge in [0.2, 0.25) is 0 Å². The largest absolute Gasteiger partial charge is 0.595 e. The summed E-state index contributed by atoms with van der Waals surface area (Å²) in [5.74, 6) is 0.602. The molecule has 0 aromatic heterocycles. The van der Waals surface area contributed by atoms with Crippen molar-refractivity contribution < 1.29 is 24.7 Å². The van der Waals surface area contributed by atoms with E-state index in [1.807, 2.05) is 0 Å². The Morgan fingerprint density at radius 3 is 2.27 bits per heavy atom. The second kappa shape index (κ2) is 4.74. The van der Waals surface area contributed by atoms with Gasteiger partial charge < -0.3 is 14.7 Å². The first-order valence-electron chi connectivity index (χ1n) is 4.08. The second-order valence-corrected chi connectivity index (χ2v) is 2.72. The third-order valence-electron chi connectivity index (χ3n) is 1.91. The van der Waals surface area contributed by atoms with E-state index in [0.29, 0.717) is 12.0 Å². The van der Waals surface area contributed by atoms with Crippen LogP contribution < -0.4 is 14.7 Å². The van der Waals surface area contributed by atoms with Crippen LogP contribution in [0.15, 0.2) is 12.1 Å². The Hall–Kier alpha value is -1.63. The molecule has 1 aromatic carbocycles. The van der Waals surface area contributed by atoms with Crippen molar-refractivity contribution in [2.75, 3.05) is 14.2 Å². The number of hydrogen-bond acceptors (Lipinski definition) is 5. The molecule has 0 fully saturated rings. The van der Waals surface area contributed by atoms with Gasteiger partial charge in [-0.25, -0.2) is 5.21 Å². The van der Waals surface area contributed by atoms with Crippen LogP contribution in [-0.2, 0) is 0 Å². The average Bonchev–Trinajstić information content (AvgIpc) is 2.26. The van der Waals surface area contributed by atoms with Crippen molar-refractivity contribution in [1.29, 1.82) is 0 Å². The van der Waals surface area contributed by atoms with Crippen LogP contribution in [0.1, 0.15) is 10.4 Å². The zero-order chi connectivity index (χ0) is 11.4. The summed E-state index contributed by atoms with van der Waals surface area (Å²) in [6, 6.07) is 2.58. The molecule has 0 radical (unpaired) electrons. The lowest BCUT2D eigenvalue weighted by Crippen LogP contribution is -2.99. The van der Waals surface area contributed by atoms with Crippen molar-refractivity contribution >= 4 is 12.0 Å². The summed E-state index contributed by atoms with van der Waals surface area (Å²) in [5, 5.41) is 18.4. The quantitative estimate of drug-likeness (QED) is 0.540. The molecule has 15 heavy (non-hydrogen) atoms. The van der Waals surface area contributed by atoms with Gasteiger partial charge in [0, 0.05) is 12.1 Å². The maximum atomic E-state index is 10.8. The Balaban J connectivity index is 3.34. The normalized spacial score (nSPS) is 12.0. The molecule has 0 heterocycles. The molecule has 0 amide bonds. The minimum Gasteiger partial charge on any atom is -0.595 e. The van der Waals surface area contributed by atoms with Crippen LogP contribution in [0.3, 0.4) is 0 Å². The first-order chi connectivity index (χ1) is 7.13. The number of nitrogens with one attached hydrogen (secondary N) is 1. The van der Waals surface area contributed by atoms with Crippen LogP contribution in [0.25, 0.3) is 0 Å². The predicted octanol–water partition coefficient (Wildman–Crippen LogP) is -0.0803. The molecule has 0 aliphatic carbocycles. The monoisotopic (exact) mass is 213 g/mol. The van der Waals surface area contributed by atoms with Gasteiger partial charge in [0.05, 0.1) is 19.8 Å². The molecule has 0 bridgehead atoms. The van der Waals surface area contributed by atoms with E-state index in [1.165, 1.54) is 26.4 Å². The van der Waals surface area contributed by atoms with Crippen LogP contribution in [0.5, 0.6) is 11.5 Å². The zero-order valence-electron chi connectivity index (χ0n) is 8.31. The van der Waals surface area contributed by atoms with Gasteiger partial charge >= 0.3 is 0 Å². The van der Waals surface area contributed by atoms with Crippen molar-refractivity contribution in [2.45, 2.75) is 0 Å². The minimum absolute atomic E-state index is 0.0557. The van der Waals surface area contributed by atoms with Crippen molar-refractivity contribution in [3.05, 3.63) is 22.9 Å². The average molecular weight is 213 g/mol. The zero-order valence-corrected chi connectivity index (χ0v) is 8.31. The van der Waals surface area contributed by atoms with Gasteiger partial charge in [-0.3, -0.25) is 4.79 Å². The van der Waals surface area contributed by atoms with Gasteiger partial charge in [-0.15, -0.1) is 0 Å². The summed E-state index contributed by atoms with van der Waals surface area (Å²) >= 11 is 0. The lowest BCUT2D eigenvalue weighted by molar-refractivity contribution is -0.991. The molecule has 82 valence electrons. The Labute approximate surface area is 86.2 Å². The highest BCUT2D eigenvalue weighted by molar-refractivity contribution is 5.83. The number of quaternary nitrogens is 1. The highest BCUT2D eigenvalue weighted by atomic mass is 16.8. The number of aldehydes is 1. The maximum absolute atomic E-state index is 10.8. The molecule has 6 nitrogen and oxygen atoms in total. The summed E-state index contributed by atoms with van der Waals surface area (Å²) in [6.07, 6.45) is 0.464. The Morgan fingerprint density at radius 2 is 1.87 bits per heavy atom. The molecule has 6 heteroatoms. The van der Waals surface area contributed by atoms with E-state index in [2.05, 4.69) is 0 Å². The Bertz CT molecular complexity index is 364. The van der Waals surface area contributed by atoms with E-state index >= 15 is 0 Å². The van der Waals surface area contributed by atoms with E-state index < -0.39 is 5.23 Å². The van der Waals surface area contributed by atoms with Crippen LogP contribution in [-0.4, -0.2) is 25.7 Å². The van der Waals surface area contributed by atoms with E-state index in [0.717, 1.165) is 0 Å². The van der Waals surface area contributed by atoms with Crippen LogP contribution >= 0.6 is 0 Å². The molecule has 0 saturated carbocycles. The molecule has 0 saturated heterocycles. The first-order valence-corrected chi connectivity index (χ1v) is 4.08. The SMILES string of the molecule is COc1cc(C=O)c([NH+]([O-])O)cc1OC. The highest BCUT2D eigenvalue weighted by Crippen LogP contribution is 2.30.